The fourth-order valence-corrected chi connectivity index (χ4v) is 2.91. The van der Waals surface area contributed by atoms with Crippen molar-refractivity contribution in [2.75, 3.05) is 26.1 Å². The van der Waals surface area contributed by atoms with Gasteiger partial charge < -0.3 is 19.5 Å². The average molecular weight is 366 g/mol. The molecular weight excluding hydrogens is 344 g/mol. The Bertz CT molecular complexity index is 985. The number of aryl methyl sites for hydroxylation is 1. The maximum absolute atomic E-state index is 12.5. The highest BCUT2D eigenvalue weighted by Crippen LogP contribution is 2.36. The van der Waals surface area contributed by atoms with Crippen molar-refractivity contribution in [2.24, 2.45) is 0 Å². The van der Waals surface area contributed by atoms with Crippen molar-refractivity contribution < 1.29 is 19.0 Å². The van der Waals surface area contributed by atoms with Crippen LogP contribution in [0.3, 0.4) is 0 Å². The van der Waals surface area contributed by atoms with Crippen LogP contribution in [0.15, 0.2) is 42.6 Å². The molecular formula is C21H22N2O4. The molecule has 0 saturated heterocycles. The van der Waals surface area contributed by atoms with Crippen molar-refractivity contribution in [3.05, 3.63) is 53.7 Å². The highest BCUT2D eigenvalue weighted by molar-refractivity contribution is 6.06. The number of para-hydroxylation sites is 1. The van der Waals surface area contributed by atoms with E-state index >= 15 is 0 Å². The summed E-state index contributed by atoms with van der Waals surface area (Å²) >= 11 is 0. The Balaban J connectivity index is 2.18. The van der Waals surface area contributed by atoms with Gasteiger partial charge in [-0.2, -0.15) is 0 Å². The monoisotopic (exact) mass is 366 g/mol. The lowest BCUT2D eigenvalue weighted by atomic mass is 10.1. The highest BCUT2D eigenvalue weighted by Gasteiger charge is 2.19. The smallest absolute Gasteiger partial charge is 0.341 e. The minimum Gasteiger partial charge on any atom is -0.497 e. The van der Waals surface area contributed by atoms with Crippen LogP contribution in [0.2, 0.25) is 0 Å². The predicted molar refractivity (Wildman–Crippen MR) is 105 cm³/mol. The number of ether oxygens (including phenoxy) is 3. The Morgan fingerprint density at radius 1 is 1.15 bits per heavy atom. The van der Waals surface area contributed by atoms with E-state index in [9.17, 15) is 4.79 Å². The van der Waals surface area contributed by atoms with Gasteiger partial charge in [0.25, 0.3) is 0 Å². The zero-order chi connectivity index (χ0) is 19.4. The lowest BCUT2D eigenvalue weighted by molar-refractivity contribution is 0.0527. The molecule has 0 aliphatic rings. The van der Waals surface area contributed by atoms with Crippen LogP contribution in [0.4, 0.5) is 11.4 Å². The summed E-state index contributed by atoms with van der Waals surface area (Å²) in [5.41, 5.74) is 3.55. The predicted octanol–water partition coefficient (Wildman–Crippen LogP) is 4.48. The zero-order valence-corrected chi connectivity index (χ0v) is 15.8. The van der Waals surface area contributed by atoms with E-state index in [4.69, 9.17) is 14.2 Å². The van der Waals surface area contributed by atoms with E-state index in [1.54, 1.807) is 33.4 Å². The van der Waals surface area contributed by atoms with Crippen LogP contribution in [0.1, 0.15) is 22.8 Å². The van der Waals surface area contributed by atoms with E-state index in [-0.39, 0.29) is 6.61 Å². The van der Waals surface area contributed by atoms with E-state index in [1.807, 2.05) is 37.3 Å². The number of rotatable bonds is 6. The normalized spacial score (nSPS) is 10.5. The third-order valence-electron chi connectivity index (χ3n) is 4.26. The summed E-state index contributed by atoms with van der Waals surface area (Å²) in [4.78, 5) is 16.9. The summed E-state index contributed by atoms with van der Waals surface area (Å²) in [6.07, 6.45) is 1.55. The summed E-state index contributed by atoms with van der Waals surface area (Å²) < 4.78 is 15.9. The number of carbonyl (C=O) groups excluding carboxylic acids is 1. The number of hydrogen-bond donors (Lipinski definition) is 1. The van der Waals surface area contributed by atoms with Gasteiger partial charge in [0.2, 0.25) is 0 Å². The summed E-state index contributed by atoms with van der Waals surface area (Å²) in [5.74, 6) is 0.851. The fourth-order valence-electron chi connectivity index (χ4n) is 2.91. The lowest BCUT2D eigenvalue weighted by Crippen LogP contribution is -2.10. The van der Waals surface area contributed by atoms with E-state index in [0.29, 0.717) is 28.4 Å². The SMILES string of the molecule is CCOC(=O)c1cnc2c(C)cccc2c1Nc1ccc(OC)cc1OC. The molecule has 0 spiro atoms. The van der Waals surface area contributed by atoms with Gasteiger partial charge in [-0.15, -0.1) is 0 Å². The third kappa shape index (κ3) is 3.65. The molecule has 1 heterocycles. The largest absolute Gasteiger partial charge is 0.497 e. The molecule has 3 aromatic rings. The van der Waals surface area contributed by atoms with Crippen molar-refractivity contribution in [1.82, 2.24) is 4.98 Å². The molecule has 0 aliphatic heterocycles. The Hall–Kier alpha value is -3.28. The van der Waals surface area contributed by atoms with Gasteiger partial charge >= 0.3 is 5.97 Å². The standard InChI is InChI=1S/C21H22N2O4/c1-5-27-21(24)16-12-22-19-13(2)7-6-8-15(19)20(16)23-17-10-9-14(25-3)11-18(17)26-4/h6-12H,5H2,1-4H3,(H,22,23). The van der Waals surface area contributed by atoms with Gasteiger partial charge in [0.15, 0.2) is 0 Å². The first-order valence-electron chi connectivity index (χ1n) is 8.63. The number of methoxy groups -OCH3 is 2. The molecule has 0 radical (unpaired) electrons. The molecule has 0 atom stereocenters. The molecule has 2 aromatic carbocycles. The van der Waals surface area contributed by atoms with Crippen LogP contribution >= 0.6 is 0 Å². The van der Waals surface area contributed by atoms with Crippen LogP contribution < -0.4 is 14.8 Å². The number of carbonyl (C=O) groups is 1. The fraction of sp³-hybridized carbons (Fsp3) is 0.238. The molecule has 6 heteroatoms. The van der Waals surface area contributed by atoms with Gasteiger partial charge in [-0.1, -0.05) is 18.2 Å². The van der Waals surface area contributed by atoms with E-state index in [0.717, 1.165) is 16.5 Å². The van der Waals surface area contributed by atoms with Crippen molar-refractivity contribution in [2.45, 2.75) is 13.8 Å². The van der Waals surface area contributed by atoms with E-state index in [2.05, 4.69) is 10.3 Å². The van der Waals surface area contributed by atoms with Crippen LogP contribution in [0, 0.1) is 6.92 Å². The molecule has 0 bridgehead atoms. The summed E-state index contributed by atoms with van der Waals surface area (Å²) in [5, 5.41) is 4.16. The first kappa shape index (κ1) is 18.5. The second-order valence-electron chi connectivity index (χ2n) is 5.93. The molecule has 1 N–H and O–H groups in total. The summed E-state index contributed by atoms with van der Waals surface area (Å²) in [6.45, 7) is 4.04. The van der Waals surface area contributed by atoms with Crippen molar-refractivity contribution in [3.8, 4) is 11.5 Å². The molecule has 0 amide bonds. The minimum atomic E-state index is -0.427. The molecule has 0 aliphatic carbocycles. The summed E-state index contributed by atoms with van der Waals surface area (Å²) in [6, 6.07) is 11.3. The molecule has 1 aromatic heterocycles. The number of pyridine rings is 1. The second-order valence-corrected chi connectivity index (χ2v) is 5.93. The maximum atomic E-state index is 12.5. The van der Waals surface area contributed by atoms with E-state index in [1.165, 1.54) is 0 Å². The highest BCUT2D eigenvalue weighted by atomic mass is 16.5. The molecule has 0 unspecified atom stereocenters. The van der Waals surface area contributed by atoms with Crippen molar-refractivity contribution >= 4 is 28.2 Å². The Morgan fingerprint density at radius 2 is 1.96 bits per heavy atom. The van der Waals surface area contributed by atoms with Gasteiger partial charge in [0.05, 0.1) is 37.7 Å². The van der Waals surface area contributed by atoms with Crippen molar-refractivity contribution in [1.29, 1.82) is 0 Å². The first-order chi connectivity index (χ1) is 13.1. The number of hydrogen-bond acceptors (Lipinski definition) is 6. The van der Waals surface area contributed by atoms with Crippen LogP contribution in [-0.2, 0) is 4.74 Å². The quantitative estimate of drug-likeness (QED) is 0.649. The zero-order valence-electron chi connectivity index (χ0n) is 15.8. The third-order valence-corrected chi connectivity index (χ3v) is 4.26. The first-order valence-corrected chi connectivity index (χ1v) is 8.63. The number of aromatic nitrogens is 1. The number of fused-ring (bicyclic) bond motifs is 1. The number of esters is 1. The number of anilines is 2. The molecule has 3 rings (SSSR count). The van der Waals surface area contributed by atoms with E-state index < -0.39 is 5.97 Å². The summed E-state index contributed by atoms with van der Waals surface area (Å²) in [7, 11) is 3.18. The number of nitrogens with one attached hydrogen (secondary N) is 1. The minimum absolute atomic E-state index is 0.288. The van der Waals surface area contributed by atoms with Gasteiger partial charge in [0.1, 0.15) is 17.1 Å². The topological polar surface area (TPSA) is 69.7 Å². The second kappa shape index (κ2) is 7.95. The Labute approximate surface area is 158 Å². The van der Waals surface area contributed by atoms with Crippen LogP contribution in [-0.4, -0.2) is 31.8 Å². The van der Waals surface area contributed by atoms with Crippen LogP contribution in [0.25, 0.3) is 10.9 Å². The van der Waals surface area contributed by atoms with Gasteiger partial charge in [-0.3, -0.25) is 4.98 Å². The molecule has 6 nitrogen and oxygen atoms in total. The van der Waals surface area contributed by atoms with Gasteiger partial charge in [-0.25, -0.2) is 4.79 Å². The van der Waals surface area contributed by atoms with Gasteiger partial charge in [-0.05, 0) is 31.5 Å². The average Bonchev–Trinajstić information content (AvgIpc) is 2.69. The number of nitrogens with zero attached hydrogens (tertiary/aromatic N) is 1. The number of benzene rings is 2. The Morgan fingerprint density at radius 3 is 2.67 bits per heavy atom. The lowest BCUT2D eigenvalue weighted by Gasteiger charge is -2.17. The molecule has 0 saturated carbocycles. The molecule has 27 heavy (non-hydrogen) atoms. The molecule has 140 valence electrons. The maximum Gasteiger partial charge on any atom is 0.341 e. The van der Waals surface area contributed by atoms with Gasteiger partial charge in [0, 0.05) is 17.6 Å². The molecule has 0 fully saturated rings. The van der Waals surface area contributed by atoms with Crippen LogP contribution in [0.5, 0.6) is 11.5 Å². The Kier molecular flexibility index (Phi) is 5.45. The van der Waals surface area contributed by atoms with Crippen molar-refractivity contribution in [3.63, 3.8) is 0 Å².